The quantitative estimate of drug-likeness (QED) is 0.773. The summed E-state index contributed by atoms with van der Waals surface area (Å²) in [6.07, 6.45) is 1.41. The SMILES string of the molecule is CCOC(=O)[C@H]1CCCN(C(=O)Cn2nc(-c3cccs3)cc(N)c2=O)C1. The van der Waals surface area contributed by atoms with E-state index in [0.717, 1.165) is 16.0 Å². The first-order valence-electron chi connectivity index (χ1n) is 8.85. The predicted octanol–water partition coefficient (Wildman–Crippen LogP) is 1.36. The van der Waals surface area contributed by atoms with Gasteiger partial charge in [-0.25, -0.2) is 4.68 Å². The Hall–Kier alpha value is -2.68. The first kappa shape index (κ1) is 19.1. The van der Waals surface area contributed by atoms with Crippen LogP contribution in [0.15, 0.2) is 28.4 Å². The van der Waals surface area contributed by atoms with Crippen LogP contribution in [0.2, 0.25) is 0 Å². The molecule has 2 N–H and O–H groups in total. The molecule has 8 nitrogen and oxygen atoms in total. The molecule has 3 rings (SSSR count). The van der Waals surface area contributed by atoms with Gasteiger partial charge in [-0.1, -0.05) is 6.07 Å². The number of hydrogen-bond donors (Lipinski definition) is 1. The van der Waals surface area contributed by atoms with Crippen molar-refractivity contribution in [2.45, 2.75) is 26.3 Å². The van der Waals surface area contributed by atoms with Crippen molar-refractivity contribution in [1.29, 1.82) is 0 Å². The fourth-order valence-corrected chi connectivity index (χ4v) is 3.78. The van der Waals surface area contributed by atoms with Gasteiger partial charge in [0, 0.05) is 13.1 Å². The van der Waals surface area contributed by atoms with Gasteiger partial charge in [-0.2, -0.15) is 5.10 Å². The Bertz CT molecular complexity index is 878. The number of nitrogens with two attached hydrogens (primary N) is 1. The number of amides is 1. The molecule has 0 bridgehead atoms. The summed E-state index contributed by atoms with van der Waals surface area (Å²) in [6.45, 7) is 2.71. The highest BCUT2D eigenvalue weighted by Crippen LogP contribution is 2.23. The minimum atomic E-state index is -0.498. The molecule has 0 radical (unpaired) electrons. The van der Waals surface area contributed by atoms with Crippen molar-refractivity contribution in [2.75, 3.05) is 25.4 Å². The topological polar surface area (TPSA) is 108 Å². The molecule has 1 aliphatic rings. The maximum atomic E-state index is 12.7. The van der Waals surface area contributed by atoms with Crippen molar-refractivity contribution in [2.24, 2.45) is 5.92 Å². The van der Waals surface area contributed by atoms with Crippen LogP contribution in [0.4, 0.5) is 5.69 Å². The number of carbonyl (C=O) groups is 2. The van der Waals surface area contributed by atoms with Crippen LogP contribution in [0, 0.1) is 5.92 Å². The van der Waals surface area contributed by atoms with Crippen molar-refractivity contribution in [3.8, 4) is 10.6 Å². The molecule has 0 saturated carbocycles. The molecule has 1 aliphatic heterocycles. The lowest BCUT2D eigenvalue weighted by atomic mass is 9.98. The van der Waals surface area contributed by atoms with Gasteiger partial charge < -0.3 is 15.4 Å². The number of nitrogen functional groups attached to an aromatic ring is 1. The fraction of sp³-hybridized carbons (Fsp3) is 0.444. The summed E-state index contributed by atoms with van der Waals surface area (Å²) >= 11 is 1.47. The molecule has 27 heavy (non-hydrogen) atoms. The number of likely N-dealkylation sites (tertiary alicyclic amines) is 1. The van der Waals surface area contributed by atoms with Crippen molar-refractivity contribution in [3.63, 3.8) is 0 Å². The molecule has 1 fully saturated rings. The lowest BCUT2D eigenvalue weighted by molar-refractivity contribution is -0.151. The second-order valence-corrected chi connectivity index (χ2v) is 7.30. The molecular weight excluding hydrogens is 368 g/mol. The highest BCUT2D eigenvalue weighted by molar-refractivity contribution is 7.13. The van der Waals surface area contributed by atoms with Crippen LogP contribution < -0.4 is 11.3 Å². The second kappa shape index (κ2) is 8.34. The highest BCUT2D eigenvalue weighted by Gasteiger charge is 2.29. The van der Waals surface area contributed by atoms with E-state index in [4.69, 9.17) is 10.5 Å². The maximum absolute atomic E-state index is 12.7. The number of anilines is 1. The van der Waals surface area contributed by atoms with E-state index in [1.165, 1.54) is 17.4 Å². The smallest absolute Gasteiger partial charge is 0.310 e. The standard InChI is InChI=1S/C18H22N4O4S/c1-2-26-18(25)12-5-3-7-21(10-12)16(23)11-22-17(24)13(19)9-14(20-22)15-6-4-8-27-15/h4,6,8-9,12H,2-3,5,7,10-11,19H2,1H3/t12-/m0/s1. The fourth-order valence-electron chi connectivity index (χ4n) is 3.10. The van der Waals surface area contributed by atoms with Crippen LogP contribution in [0.5, 0.6) is 0 Å². The lowest BCUT2D eigenvalue weighted by Crippen LogP contribution is -2.45. The molecule has 0 spiro atoms. The third-order valence-corrected chi connectivity index (χ3v) is 5.35. The first-order chi connectivity index (χ1) is 13.0. The van der Waals surface area contributed by atoms with E-state index in [-0.39, 0.29) is 30.0 Å². The summed E-state index contributed by atoms with van der Waals surface area (Å²) in [5, 5.41) is 6.19. The number of esters is 1. The molecule has 1 amide bonds. The van der Waals surface area contributed by atoms with Crippen molar-refractivity contribution in [1.82, 2.24) is 14.7 Å². The normalized spacial score (nSPS) is 16.9. The van der Waals surface area contributed by atoms with Gasteiger partial charge in [0.1, 0.15) is 17.9 Å². The van der Waals surface area contributed by atoms with Crippen molar-refractivity contribution in [3.05, 3.63) is 33.9 Å². The summed E-state index contributed by atoms with van der Waals surface area (Å²) in [4.78, 5) is 39.4. The maximum Gasteiger partial charge on any atom is 0.310 e. The van der Waals surface area contributed by atoms with E-state index in [2.05, 4.69) is 5.10 Å². The Morgan fingerprint density at radius 3 is 2.96 bits per heavy atom. The number of nitrogens with zero attached hydrogens (tertiary/aromatic N) is 3. The third kappa shape index (κ3) is 4.36. The van der Waals surface area contributed by atoms with Crippen LogP contribution in [0.3, 0.4) is 0 Å². The van der Waals surface area contributed by atoms with Gasteiger partial charge in [-0.15, -0.1) is 11.3 Å². The predicted molar refractivity (Wildman–Crippen MR) is 102 cm³/mol. The van der Waals surface area contributed by atoms with Gasteiger partial charge in [-0.3, -0.25) is 14.4 Å². The van der Waals surface area contributed by atoms with Gasteiger partial charge in [0.05, 0.1) is 17.4 Å². The average molecular weight is 390 g/mol. The molecule has 0 aromatic carbocycles. The van der Waals surface area contributed by atoms with E-state index in [9.17, 15) is 14.4 Å². The van der Waals surface area contributed by atoms with Gasteiger partial charge in [0.15, 0.2) is 0 Å². The van der Waals surface area contributed by atoms with E-state index >= 15 is 0 Å². The molecular formula is C18H22N4O4S. The molecule has 1 atom stereocenters. The Morgan fingerprint density at radius 2 is 2.26 bits per heavy atom. The Kier molecular flexibility index (Phi) is 5.90. The first-order valence-corrected chi connectivity index (χ1v) is 9.73. The van der Waals surface area contributed by atoms with Crippen LogP contribution in [-0.2, 0) is 20.9 Å². The van der Waals surface area contributed by atoms with E-state index in [0.29, 0.717) is 31.8 Å². The van der Waals surface area contributed by atoms with Crippen LogP contribution in [-0.4, -0.2) is 46.3 Å². The van der Waals surface area contributed by atoms with Crippen molar-refractivity contribution >= 4 is 28.9 Å². The van der Waals surface area contributed by atoms with E-state index in [1.807, 2.05) is 17.5 Å². The largest absolute Gasteiger partial charge is 0.466 e. The molecule has 2 aromatic heterocycles. The molecule has 0 unspecified atom stereocenters. The average Bonchev–Trinajstić information content (AvgIpc) is 3.20. The zero-order chi connectivity index (χ0) is 19.4. The zero-order valence-electron chi connectivity index (χ0n) is 15.1. The van der Waals surface area contributed by atoms with Gasteiger partial charge >= 0.3 is 5.97 Å². The number of hydrogen-bond acceptors (Lipinski definition) is 7. The molecule has 9 heteroatoms. The van der Waals surface area contributed by atoms with Gasteiger partial charge in [0.2, 0.25) is 5.91 Å². The summed E-state index contributed by atoms with van der Waals surface area (Å²) < 4.78 is 6.16. The Morgan fingerprint density at radius 1 is 1.44 bits per heavy atom. The Labute approximate surface area is 160 Å². The lowest BCUT2D eigenvalue weighted by Gasteiger charge is -2.31. The monoisotopic (exact) mass is 390 g/mol. The van der Waals surface area contributed by atoms with Crippen LogP contribution in [0.25, 0.3) is 10.6 Å². The minimum Gasteiger partial charge on any atom is -0.466 e. The molecule has 1 saturated heterocycles. The number of carbonyl (C=O) groups excluding carboxylic acids is 2. The third-order valence-electron chi connectivity index (χ3n) is 4.45. The number of thiophene rings is 1. The summed E-state index contributed by atoms with van der Waals surface area (Å²) in [5.74, 6) is -0.870. The number of piperidine rings is 1. The Balaban J connectivity index is 1.75. The van der Waals surface area contributed by atoms with E-state index in [1.54, 1.807) is 11.8 Å². The van der Waals surface area contributed by atoms with Crippen molar-refractivity contribution < 1.29 is 14.3 Å². The summed E-state index contributed by atoms with van der Waals surface area (Å²) in [5.41, 5.74) is 5.92. The van der Waals surface area contributed by atoms with Gasteiger partial charge in [0.25, 0.3) is 5.56 Å². The van der Waals surface area contributed by atoms with Gasteiger partial charge in [-0.05, 0) is 37.3 Å². The zero-order valence-corrected chi connectivity index (χ0v) is 15.9. The molecule has 0 aliphatic carbocycles. The number of aromatic nitrogens is 2. The summed E-state index contributed by atoms with van der Waals surface area (Å²) in [7, 11) is 0. The molecule has 3 heterocycles. The molecule has 144 valence electrons. The van der Waals surface area contributed by atoms with Crippen LogP contribution in [0.1, 0.15) is 19.8 Å². The summed E-state index contributed by atoms with van der Waals surface area (Å²) in [6, 6.07) is 5.27. The minimum absolute atomic E-state index is 0.0456. The second-order valence-electron chi connectivity index (χ2n) is 6.36. The van der Waals surface area contributed by atoms with E-state index < -0.39 is 5.56 Å². The highest BCUT2D eigenvalue weighted by atomic mass is 32.1. The van der Waals surface area contributed by atoms with Crippen LogP contribution >= 0.6 is 11.3 Å². The molecule has 2 aromatic rings. The number of rotatable bonds is 5. The number of ether oxygens (including phenoxy) is 1.